The number of aromatic nitrogens is 2. The van der Waals surface area contributed by atoms with Gasteiger partial charge in [-0.3, -0.25) is 14.9 Å². The van der Waals surface area contributed by atoms with Crippen LogP contribution in [0.2, 0.25) is 5.02 Å². The number of non-ortho nitro benzene ring substituents is 1. The molecule has 2 N–H and O–H groups in total. The van der Waals surface area contributed by atoms with Gasteiger partial charge in [-0.05, 0) is 11.0 Å². The van der Waals surface area contributed by atoms with Crippen molar-refractivity contribution < 1.29 is 14.6 Å². The lowest BCUT2D eigenvalue weighted by Crippen LogP contribution is -2.14. The second-order valence-electron chi connectivity index (χ2n) is 4.04. The number of hydrogen-bond acceptors (Lipinski definition) is 7. The molecule has 0 aliphatic heterocycles. The second kappa shape index (κ2) is 6.08. The van der Waals surface area contributed by atoms with E-state index < -0.39 is 32.3 Å². The zero-order valence-corrected chi connectivity index (χ0v) is 11.7. The predicted molar refractivity (Wildman–Crippen MR) is 76.0 cm³/mol. The Morgan fingerprint density at radius 1 is 1.35 bits per heavy atom. The summed E-state index contributed by atoms with van der Waals surface area (Å²) in [4.78, 5) is 31.7. The molecule has 1 heterocycles. The van der Waals surface area contributed by atoms with Crippen LogP contribution in [0.1, 0.15) is 16.1 Å². The number of carbonyl (C=O) groups excluding carboxylic acids is 1. The summed E-state index contributed by atoms with van der Waals surface area (Å²) in [5.41, 5.74) is -0.952. The average molecular weight is 337 g/mol. The molecule has 0 atom stereocenters. The van der Waals surface area contributed by atoms with Crippen LogP contribution >= 0.6 is 11.6 Å². The molecular formula is C11H5ClN6O5. The maximum Gasteiger partial charge on any atom is 0.362 e. The third kappa shape index (κ3) is 3.06. The summed E-state index contributed by atoms with van der Waals surface area (Å²) in [6.45, 7) is 0. The van der Waals surface area contributed by atoms with Gasteiger partial charge in [0.1, 0.15) is 6.07 Å². The van der Waals surface area contributed by atoms with Crippen molar-refractivity contribution >= 4 is 34.7 Å². The van der Waals surface area contributed by atoms with Crippen LogP contribution in [0.3, 0.4) is 0 Å². The first-order chi connectivity index (χ1) is 10.8. The lowest BCUT2D eigenvalue weighted by atomic mass is 10.1. The molecular weight excluding hydrogens is 332 g/mol. The van der Waals surface area contributed by atoms with E-state index in [-0.39, 0.29) is 16.9 Å². The molecule has 0 spiro atoms. The fourth-order valence-corrected chi connectivity index (χ4v) is 1.86. The van der Waals surface area contributed by atoms with E-state index in [0.29, 0.717) is 0 Å². The Hall–Kier alpha value is -3.52. The number of H-pyrrole nitrogens is 1. The van der Waals surface area contributed by atoms with Crippen LogP contribution < -0.4 is 5.32 Å². The van der Waals surface area contributed by atoms with E-state index in [9.17, 15) is 25.0 Å². The molecule has 116 valence electrons. The highest BCUT2D eigenvalue weighted by atomic mass is 35.5. The largest absolute Gasteiger partial charge is 0.362 e. The third-order valence-corrected chi connectivity index (χ3v) is 3.03. The fraction of sp³-hybridized carbons (Fsp3) is 0. The number of hydrogen-bond donors (Lipinski definition) is 2. The van der Waals surface area contributed by atoms with Crippen molar-refractivity contribution in [2.75, 3.05) is 5.32 Å². The maximum absolute atomic E-state index is 12.0. The Morgan fingerprint density at radius 3 is 2.57 bits per heavy atom. The molecule has 0 radical (unpaired) electrons. The molecule has 23 heavy (non-hydrogen) atoms. The molecule has 12 heteroatoms. The van der Waals surface area contributed by atoms with Gasteiger partial charge in [0.25, 0.3) is 11.6 Å². The van der Waals surface area contributed by atoms with Crippen LogP contribution in [-0.2, 0) is 0 Å². The number of nitrogens with one attached hydrogen (secondary N) is 2. The van der Waals surface area contributed by atoms with Gasteiger partial charge in [0.05, 0.1) is 16.2 Å². The first kappa shape index (κ1) is 15.9. The van der Waals surface area contributed by atoms with Crippen molar-refractivity contribution in [2.24, 2.45) is 0 Å². The van der Waals surface area contributed by atoms with Gasteiger partial charge in [0.2, 0.25) is 0 Å². The van der Waals surface area contributed by atoms with Gasteiger partial charge in [-0.15, -0.1) is 5.10 Å². The van der Waals surface area contributed by atoms with Crippen molar-refractivity contribution in [3.63, 3.8) is 0 Å². The van der Waals surface area contributed by atoms with Crippen molar-refractivity contribution in [1.82, 2.24) is 10.2 Å². The molecule has 1 aromatic heterocycles. The predicted octanol–water partition coefficient (Wildman–Crippen LogP) is 2.00. The smallest absolute Gasteiger partial charge is 0.358 e. The summed E-state index contributed by atoms with van der Waals surface area (Å²) >= 11 is 5.67. The number of benzene rings is 1. The SMILES string of the molecule is N#Cc1cc([N+](=O)[O-])ccc1NC(=O)c1n[nH]c([N+](=O)[O-])c1Cl. The molecule has 0 aliphatic carbocycles. The molecule has 0 fully saturated rings. The quantitative estimate of drug-likeness (QED) is 0.635. The minimum absolute atomic E-state index is 0.0233. The fourth-order valence-electron chi connectivity index (χ4n) is 1.62. The topological polar surface area (TPSA) is 168 Å². The molecule has 0 saturated carbocycles. The first-order valence-electron chi connectivity index (χ1n) is 5.73. The van der Waals surface area contributed by atoms with E-state index in [1.165, 1.54) is 0 Å². The van der Waals surface area contributed by atoms with E-state index in [0.717, 1.165) is 18.2 Å². The first-order valence-corrected chi connectivity index (χ1v) is 6.11. The van der Waals surface area contributed by atoms with Crippen molar-refractivity contribution in [3.8, 4) is 6.07 Å². The normalized spacial score (nSPS) is 9.91. The molecule has 2 aromatic rings. The summed E-state index contributed by atoms with van der Waals surface area (Å²) in [5, 5.41) is 37.5. The molecule has 0 aliphatic rings. The lowest BCUT2D eigenvalue weighted by molar-refractivity contribution is -0.389. The van der Waals surface area contributed by atoms with E-state index >= 15 is 0 Å². The maximum atomic E-state index is 12.0. The minimum atomic E-state index is -0.912. The highest BCUT2D eigenvalue weighted by molar-refractivity contribution is 6.35. The van der Waals surface area contributed by atoms with Crippen LogP contribution in [0.5, 0.6) is 0 Å². The van der Waals surface area contributed by atoms with Crippen molar-refractivity contribution in [2.45, 2.75) is 0 Å². The van der Waals surface area contributed by atoms with Crippen molar-refractivity contribution in [1.29, 1.82) is 5.26 Å². The van der Waals surface area contributed by atoms with Crippen LogP contribution in [0.25, 0.3) is 0 Å². The van der Waals surface area contributed by atoms with E-state index in [1.54, 1.807) is 6.07 Å². The van der Waals surface area contributed by atoms with Gasteiger partial charge < -0.3 is 15.4 Å². The summed E-state index contributed by atoms with van der Waals surface area (Å²) < 4.78 is 0. The number of halogens is 1. The van der Waals surface area contributed by atoms with Crippen LogP contribution in [0.4, 0.5) is 17.2 Å². The third-order valence-electron chi connectivity index (χ3n) is 2.67. The zero-order valence-electron chi connectivity index (χ0n) is 10.9. The number of nitro benzene ring substituents is 1. The molecule has 2 rings (SSSR count). The average Bonchev–Trinajstić information content (AvgIpc) is 2.89. The van der Waals surface area contributed by atoms with Gasteiger partial charge in [-0.2, -0.15) is 5.26 Å². The molecule has 1 amide bonds. The van der Waals surface area contributed by atoms with E-state index in [4.69, 9.17) is 16.9 Å². The van der Waals surface area contributed by atoms with Crippen molar-refractivity contribution in [3.05, 3.63) is 54.7 Å². The van der Waals surface area contributed by atoms with Crippen LogP contribution in [-0.4, -0.2) is 26.0 Å². The Kier molecular flexibility index (Phi) is 4.19. The number of anilines is 1. The Balaban J connectivity index is 2.33. The molecule has 0 unspecified atom stereocenters. The van der Waals surface area contributed by atoms with Gasteiger partial charge in [0, 0.05) is 12.1 Å². The minimum Gasteiger partial charge on any atom is -0.358 e. The number of nitriles is 1. The number of amides is 1. The van der Waals surface area contributed by atoms with Crippen LogP contribution in [0, 0.1) is 31.6 Å². The van der Waals surface area contributed by atoms with Gasteiger partial charge in [0.15, 0.2) is 10.7 Å². The standard InChI is InChI=1S/C11H5ClN6O5/c12-8-9(15-16-10(8)18(22)23)11(19)14-7-2-1-6(17(20)21)3-5(7)4-13/h1-3H,(H,14,19)(H,15,16). The molecule has 11 nitrogen and oxygen atoms in total. The molecule has 1 aromatic carbocycles. The van der Waals surface area contributed by atoms with E-state index in [2.05, 4.69) is 10.4 Å². The molecule has 0 saturated heterocycles. The highest BCUT2D eigenvalue weighted by Crippen LogP contribution is 2.27. The Labute approximate surface area is 131 Å². The summed E-state index contributed by atoms with van der Waals surface area (Å²) in [5.74, 6) is -1.56. The zero-order chi connectivity index (χ0) is 17.1. The lowest BCUT2D eigenvalue weighted by Gasteiger charge is -2.05. The Bertz CT molecular complexity index is 870. The Morgan fingerprint density at radius 2 is 2.04 bits per heavy atom. The number of aromatic amines is 1. The number of nitrogens with zero attached hydrogens (tertiary/aromatic N) is 4. The van der Waals surface area contributed by atoms with Crippen LogP contribution in [0.15, 0.2) is 18.2 Å². The second-order valence-corrected chi connectivity index (χ2v) is 4.42. The summed E-state index contributed by atoms with van der Waals surface area (Å²) in [6, 6.07) is 4.92. The van der Waals surface area contributed by atoms with E-state index in [1.807, 2.05) is 5.10 Å². The molecule has 0 bridgehead atoms. The number of carbonyl (C=O) groups is 1. The number of nitro groups is 2. The van der Waals surface area contributed by atoms with Gasteiger partial charge in [-0.25, -0.2) is 0 Å². The number of rotatable bonds is 4. The monoisotopic (exact) mass is 336 g/mol. The summed E-state index contributed by atoms with van der Waals surface area (Å²) in [6.07, 6.45) is 0. The van der Waals surface area contributed by atoms with Gasteiger partial charge in [-0.1, -0.05) is 16.7 Å². The van der Waals surface area contributed by atoms with Gasteiger partial charge >= 0.3 is 5.82 Å². The highest BCUT2D eigenvalue weighted by Gasteiger charge is 2.26. The summed E-state index contributed by atoms with van der Waals surface area (Å²) in [7, 11) is 0.